The first-order valence-electron chi connectivity index (χ1n) is 8.99. The van der Waals surface area contributed by atoms with E-state index in [9.17, 15) is 0 Å². The summed E-state index contributed by atoms with van der Waals surface area (Å²) < 4.78 is 0. The summed E-state index contributed by atoms with van der Waals surface area (Å²) in [7, 11) is 0. The Balaban J connectivity index is 2.50. The molecule has 1 heteroatoms. The molecule has 1 nitrogen and oxygen atoms in total. The largest absolute Gasteiger partial charge is 0.310 e. The first-order valence-corrected chi connectivity index (χ1v) is 8.99. The van der Waals surface area contributed by atoms with Crippen LogP contribution >= 0.6 is 0 Å². The van der Waals surface area contributed by atoms with Gasteiger partial charge in [-0.3, -0.25) is 0 Å². The van der Waals surface area contributed by atoms with Gasteiger partial charge in [0.15, 0.2) is 0 Å². The van der Waals surface area contributed by atoms with Gasteiger partial charge in [-0.15, -0.1) is 0 Å². The lowest BCUT2D eigenvalue weighted by Crippen LogP contribution is -2.23. The molecule has 0 bridgehead atoms. The molecule has 0 aliphatic heterocycles. The van der Waals surface area contributed by atoms with Gasteiger partial charge in [-0.05, 0) is 44.4 Å². The summed E-state index contributed by atoms with van der Waals surface area (Å²) in [6.45, 7) is 10.1. The fraction of sp³-hybridized carbons (Fsp3) is 0.700. The molecule has 0 radical (unpaired) electrons. The zero-order chi connectivity index (χ0) is 15.5. The third-order valence-electron chi connectivity index (χ3n) is 4.29. The molecule has 0 saturated heterocycles. The Morgan fingerprint density at radius 1 is 0.905 bits per heavy atom. The Bertz CT molecular complexity index is 383. The van der Waals surface area contributed by atoms with Crippen LogP contribution in [0.15, 0.2) is 18.2 Å². The topological polar surface area (TPSA) is 12.0 Å². The molecule has 21 heavy (non-hydrogen) atoms. The van der Waals surface area contributed by atoms with Crippen molar-refractivity contribution in [2.45, 2.75) is 85.1 Å². The third-order valence-corrected chi connectivity index (χ3v) is 4.29. The molecule has 0 aromatic heterocycles. The fourth-order valence-electron chi connectivity index (χ4n) is 3.03. The van der Waals surface area contributed by atoms with Gasteiger partial charge >= 0.3 is 0 Å². The number of nitrogens with one attached hydrogen (secondary N) is 1. The molecule has 0 saturated carbocycles. The van der Waals surface area contributed by atoms with Crippen LogP contribution in [-0.2, 0) is 0 Å². The standard InChI is InChI=1S/C20H35N/c1-5-7-8-9-10-11-12-20(21-15-6-2)19-14-13-17(3)16-18(19)4/h13-14,16,20-21H,5-12,15H2,1-4H3. The van der Waals surface area contributed by atoms with E-state index < -0.39 is 0 Å². The van der Waals surface area contributed by atoms with E-state index in [2.05, 4.69) is 51.2 Å². The summed E-state index contributed by atoms with van der Waals surface area (Å²) in [6.07, 6.45) is 10.8. The number of benzene rings is 1. The minimum Gasteiger partial charge on any atom is -0.310 e. The fourth-order valence-corrected chi connectivity index (χ4v) is 3.03. The lowest BCUT2D eigenvalue weighted by molar-refractivity contribution is 0.465. The van der Waals surface area contributed by atoms with Crippen LogP contribution in [-0.4, -0.2) is 6.54 Å². The molecule has 120 valence electrons. The highest BCUT2D eigenvalue weighted by Gasteiger charge is 2.12. The number of unbranched alkanes of at least 4 members (excludes halogenated alkanes) is 5. The lowest BCUT2D eigenvalue weighted by atomic mass is 9.94. The van der Waals surface area contributed by atoms with Gasteiger partial charge < -0.3 is 5.32 Å². The van der Waals surface area contributed by atoms with E-state index in [-0.39, 0.29) is 0 Å². The molecule has 0 aliphatic rings. The molecule has 1 N–H and O–H groups in total. The SMILES string of the molecule is CCCCCCCCC(NCCC)c1ccc(C)cc1C. The summed E-state index contributed by atoms with van der Waals surface area (Å²) in [5.74, 6) is 0. The number of aryl methyl sites for hydroxylation is 2. The van der Waals surface area contributed by atoms with E-state index in [0.29, 0.717) is 6.04 Å². The van der Waals surface area contributed by atoms with Crippen molar-refractivity contribution in [3.8, 4) is 0 Å². The molecule has 1 unspecified atom stereocenters. The van der Waals surface area contributed by atoms with Crippen LogP contribution in [0, 0.1) is 13.8 Å². The van der Waals surface area contributed by atoms with Crippen molar-refractivity contribution >= 4 is 0 Å². The van der Waals surface area contributed by atoms with E-state index in [4.69, 9.17) is 0 Å². The summed E-state index contributed by atoms with van der Waals surface area (Å²) in [4.78, 5) is 0. The van der Waals surface area contributed by atoms with Crippen molar-refractivity contribution in [2.75, 3.05) is 6.54 Å². The second-order valence-electron chi connectivity index (χ2n) is 6.42. The second-order valence-corrected chi connectivity index (χ2v) is 6.42. The minimum absolute atomic E-state index is 0.539. The highest BCUT2D eigenvalue weighted by molar-refractivity contribution is 5.32. The van der Waals surface area contributed by atoms with Crippen molar-refractivity contribution in [3.05, 3.63) is 34.9 Å². The van der Waals surface area contributed by atoms with Crippen LogP contribution in [0.25, 0.3) is 0 Å². The van der Waals surface area contributed by atoms with Gasteiger partial charge in [0, 0.05) is 6.04 Å². The van der Waals surface area contributed by atoms with Crippen LogP contribution in [0.4, 0.5) is 0 Å². The Morgan fingerprint density at radius 3 is 2.29 bits per heavy atom. The number of hydrogen-bond acceptors (Lipinski definition) is 1. The van der Waals surface area contributed by atoms with Gasteiger partial charge in [0.05, 0.1) is 0 Å². The number of hydrogen-bond donors (Lipinski definition) is 1. The molecular formula is C20H35N. The highest BCUT2D eigenvalue weighted by atomic mass is 14.9. The average molecular weight is 290 g/mol. The molecule has 1 aromatic carbocycles. The zero-order valence-corrected chi connectivity index (χ0v) is 14.7. The van der Waals surface area contributed by atoms with Crippen LogP contribution in [0.5, 0.6) is 0 Å². The normalized spacial score (nSPS) is 12.6. The summed E-state index contributed by atoms with van der Waals surface area (Å²) in [5.41, 5.74) is 4.31. The molecule has 0 amide bonds. The summed E-state index contributed by atoms with van der Waals surface area (Å²) >= 11 is 0. The van der Waals surface area contributed by atoms with E-state index in [0.717, 1.165) is 6.54 Å². The Labute approximate surface area is 132 Å². The molecule has 1 aromatic rings. The van der Waals surface area contributed by atoms with Crippen molar-refractivity contribution in [1.29, 1.82) is 0 Å². The lowest BCUT2D eigenvalue weighted by Gasteiger charge is -2.21. The second kappa shape index (κ2) is 10.8. The van der Waals surface area contributed by atoms with E-state index in [1.807, 2.05) is 0 Å². The molecule has 0 heterocycles. The molecule has 0 aliphatic carbocycles. The maximum absolute atomic E-state index is 3.75. The number of rotatable bonds is 11. The quantitative estimate of drug-likeness (QED) is 0.486. The van der Waals surface area contributed by atoms with Gasteiger partial charge in [0.1, 0.15) is 0 Å². The minimum atomic E-state index is 0.539. The molecule has 1 atom stereocenters. The third kappa shape index (κ3) is 7.13. The van der Waals surface area contributed by atoms with Crippen molar-refractivity contribution in [1.82, 2.24) is 5.32 Å². The van der Waals surface area contributed by atoms with Crippen LogP contribution in [0.1, 0.15) is 87.9 Å². The summed E-state index contributed by atoms with van der Waals surface area (Å²) in [6, 6.07) is 7.44. The Hall–Kier alpha value is -0.820. The van der Waals surface area contributed by atoms with E-state index >= 15 is 0 Å². The molecular weight excluding hydrogens is 254 g/mol. The van der Waals surface area contributed by atoms with E-state index in [1.54, 1.807) is 0 Å². The first-order chi connectivity index (χ1) is 10.2. The van der Waals surface area contributed by atoms with Gasteiger partial charge in [-0.1, -0.05) is 76.1 Å². The monoisotopic (exact) mass is 289 g/mol. The molecule has 1 rings (SSSR count). The van der Waals surface area contributed by atoms with Gasteiger partial charge in [0.2, 0.25) is 0 Å². The average Bonchev–Trinajstić information content (AvgIpc) is 2.46. The van der Waals surface area contributed by atoms with Gasteiger partial charge in [-0.2, -0.15) is 0 Å². The van der Waals surface area contributed by atoms with Crippen molar-refractivity contribution in [2.24, 2.45) is 0 Å². The smallest absolute Gasteiger partial charge is 0.0322 e. The van der Waals surface area contributed by atoms with Gasteiger partial charge in [-0.25, -0.2) is 0 Å². The maximum atomic E-state index is 3.75. The maximum Gasteiger partial charge on any atom is 0.0322 e. The van der Waals surface area contributed by atoms with Crippen molar-refractivity contribution in [3.63, 3.8) is 0 Å². The predicted octanol–water partition coefficient (Wildman–Crippen LogP) is 6.09. The first kappa shape index (κ1) is 18.2. The summed E-state index contributed by atoms with van der Waals surface area (Å²) in [5, 5.41) is 3.75. The van der Waals surface area contributed by atoms with Crippen molar-refractivity contribution < 1.29 is 0 Å². The van der Waals surface area contributed by atoms with E-state index in [1.165, 1.54) is 68.1 Å². The molecule has 0 spiro atoms. The van der Waals surface area contributed by atoms with Crippen LogP contribution in [0.2, 0.25) is 0 Å². The zero-order valence-electron chi connectivity index (χ0n) is 14.7. The highest BCUT2D eigenvalue weighted by Crippen LogP contribution is 2.24. The Morgan fingerprint density at radius 2 is 1.62 bits per heavy atom. The Kier molecular flexibility index (Phi) is 9.41. The predicted molar refractivity (Wildman–Crippen MR) is 94.9 cm³/mol. The molecule has 0 fully saturated rings. The van der Waals surface area contributed by atoms with Crippen LogP contribution < -0.4 is 5.32 Å². The van der Waals surface area contributed by atoms with Gasteiger partial charge in [0.25, 0.3) is 0 Å². The van der Waals surface area contributed by atoms with Crippen LogP contribution in [0.3, 0.4) is 0 Å².